The van der Waals surface area contributed by atoms with E-state index in [0.717, 1.165) is 0 Å². The molecule has 6 nitrogen and oxygen atoms in total. The lowest BCUT2D eigenvalue weighted by molar-refractivity contribution is -0.152. The molecule has 1 aliphatic rings. The van der Waals surface area contributed by atoms with Crippen LogP contribution in [-0.4, -0.2) is 23.5 Å². The molecule has 0 saturated carbocycles. The SMILES string of the molecule is C#Cc1cccc(/N=N/C2=C(O)C(C(=O)OCC)C(C)(C)CC2=O)c1. The smallest absolute Gasteiger partial charge is 0.317 e. The first-order valence-electron chi connectivity index (χ1n) is 7.91. The first kappa shape index (κ1) is 18.4. The van der Waals surface area contributed by atoms with Gasteiger partial charge in [0.1, 0.15) is 11.7 Å². The molecule has 0 heterocycles. The van der Waals surface area contributed by atoms with Crippen molar-refractivity contribution in [2.24, 2.45) is 21.6 Å². The van der Waals surface area contributed by atoms with Gasteiger partial charge in [0.2, 0.25) is 0 Å². The van der Waals surface area contributed by atoms with Crippen LogP contribution in [0.3, 0.4) is 0 Å². The van der Waals surface area contributed by atoms with Gasteiger partial charge in [0.05, 0.1) is 12.3 Å². The number of ether oxygens (including phenoxy) is 1. The summed E-state index contributed by atoms with van der Waals surface area (Å²) in [6.07, 6.45) is 5.39. The number of ketones is 1. The van der Waals surface area contributed by atoms with Crippen molar-refractivity contribution in [3.8, 4) is 12.3 Å². The number of rotatable bonds is 4. The minimum absolute atomic E-state index is 0.0549. The monoisotopic (exact) mass is 340 g/mol. The van der Waals surface area contributed by atoms with Crippen LogP contribution in [0.4, 0.5) is 5.69 Å². The molecule has 0 saturated heterocycles. The largest absolute Gasteiger partial charge is 0.509 e. The number of terminal acetylenes is 1. The Hall–Kier alpha value is -2.94. The van der Waals surface area contributed by atoms with Crippen molar-refractivity contribution in [1.82, 2.24) is 0 Å². The molecule has 0 bridgehead atoms. The number of azo groups is 1. The number of Topliss-reactive ketones (excluding diaryl/α,β-unsaturated/α-hetero) is 1. The molecule has 0 amide bonds. The van der Waals surface area contributed by atoms with Gasteiger partial charge in [-0.05, 0) is 30.5 Å². The highest BCUT2D eigenvalue weighted by Crippen LogP contribution is 2.42. The van der Waals surface area contributed by atoms with Gasteiger partial charge in [0.25, 0.3) is 0 Å². The summed E-state index contributed by atoms with van der Waals surface area (Å²) in [5.41, 5.74) is 0.0789. The van der Waals surface area contributed by atoms with Crippen molar-refractivity contribution in [2.45, 2.75) is 27.2 Å². The number of carbonyl (C=O) groups excluding carboxylic acids is 2. The maximum absolute atomic E-state index is 12.3. The van der Waals surface area contributed by atoms with Crippen molar-refractivity contribution in [1.29, 1.82) is 0 Å². The van der Waals surface area contributed by atoms with Gasteiger partial charge in [-0.15, -0.1) is 11.5 Å². The van der Waals surface area contributed by atoms with Crippen LogP contribution in [0.5, 0.6) is 0 Å². The van der Waals surface area contributed by atoms with Gasteiger partial charge >= 0.3 is 5.97 Å². The Kier molecular flexibility index (Phi) is 5.38. The number of aliphatic hydroxyl groups excluding tert-OH is 1. The molecular formula is C19H20N2O4. The van der Waals surface area contributed by atoms with Gasteiger partial charge < -0.3 is 9.84 Å². The van der Waals surface area contributed by atoms with E-state index < -0.39 is 23.1 Å². The minimum Gasteiger partial charge on any atom is -0.509 e. The van der Waals surface area contributed by atoms with E-state index >= 15 is 0 Å². The molecule has 1 unspecified atom stereocenters. The Morgan fingerprint density at radius 1 is 1.44 bits per heavy atom. The Morgan fingerprint density at radius 2 is 2.16 bits per heavy atom. The van der Waals surface area contributed by atoms with Crippen molar-refractivity contribution >= 4 is 17.4 Å². The number of aliphatic hydroxyl groups is 1. The molecule has 0 radical (unpaired) electrons. The van der Waals surface area contributed by atoms with Gasteiger partial charge in [0.15, 0.2) is 11.5 Å². The van der Waals surface area contributed by atoms with E-state index in [1.54, 1.807) is 45.0 Å². The normalized spacial score (nSPS) is 19.8. The van der Waals surface area contributed by atoms with E-state index in [0.29, 0.717) is 11.3 Å². The molecule has 1 N–H and O–H groups in total. The van der Waals surface area contributed by atoms with E-state index in [4.69, 9.17) is 11.2 Å². The third-order valence-corrected chi connectivity index (χ3v) is 3.98. The summed E-state index contributed by atoms with van der Waals surface area (Å²) in [4.78, 5) is 24.5. The molecule has 1 atom stereocenters. The fourth-order valence-corrected chi connectivity index (χ4v) is 2.78. The van der Waals surface area contributed by atoms with Crippen LogP contribution in [0.15, 0.2) is 46.0 Å². The van der Waals surface area contributed by atoms with E-state index in [1.807, 2.05) is 0 Å². The van der Waals surface area contributed by atoms with Crippen LogP contribution in [0.25, 0.3) is 0 Å². The summed E-state index contributed by atoms with van der Waals surface area (Å²) in [7, 11) is 0. The van der Waals surface area contributed by atoms with E-state index in [1.165, 1.54) is 0 Å². The third-order valence-electron chi connectivity index (χ3n) is 3.98. The molecule has 130 valence electrons. The predicted molar refractivity (Wildman–Crippen MR) is 92.1 cm³/mol. The van der Waals surface area contributed by atoms with E-state index in [2.05, 4.69) is 16.1 Å². The summed E-state index contributed by atoms with van der Waals surface area (Å²) >= 11 is 0. The highest BCUT2D eigenvalue weighted by molar-refractivity contribution is 5.99. The molecule has 0 aliphatic heterocycles. The number of hydrogen-bond acceptors (Lipinski definition) is 6. The van der Waals surface area contributed by atoms with Crippen LogP contribution in [0.2, 0.25) is 0 Å². The highest BCUT2D eigenvalue weighted by Gasteiger charge is 2.47. The summed E-state index contributed by atoms with van der Waals surface area (Å²) in [6.45, 7) is 5.32. The first-order chi connectivity index (χ1) is 11.8. The maximum Gasteiger partial charge on any atom is 0.317 e. The molecule has 1 aliphatic carbocycles. The van der Waals surface area contributed by atoms with Crippen LogP contribution >= 0.6 is 0 Å². The first-order valence-corrected chi connectivity index (χ1v) is 7.91. The summed E-state index contributed by atoms with van der Waals surface area (Å²) in [5, 5.41) is 18.3. The fraction of sp³-hybridized carbons (Fsp3) is 0.368. The number of allylic oxidation sites excluding steroid dienone is 1. The lowest BCUT2D eigenvalue weighted by Gasteiger charge is -2.35. The van der Waals surface area contributed by atoms with Gasteiger partial charge in [0, 0.05) is 12.0 Å². The van der Waals surface area contributed by atoms with Gasteiger partial charge in [-0.1, -0.05) is 25.8 Å². The van der Waals surface area contributed by atoms with E-state index in [9.17, 15) is 14.7 Å². The van der Waals surface area contributed by atoms with Gasteiger partial charge in [-0.2, -0.15) is 5.11 Å². The number of benzene rings is 1. The van der Waals surface area contributed by atoms with Crippen LogP contribution < -0.4 is 0 Å². The zero-order valence-electron chi connectivity index (χ0n) is 14.4. The molecule has 0 spiro atoms. The average Bonchev–Trinajstić information content (AvgIpc) is 2.53. The molecule has 0 fully saturated rings. The van der Waals surface area contributed by atoms with Crippen molar-refractivity contribution in [3.63, 3.8) is 0 Å². The van der Waals surface area contributed by atoms with Crippen molar-refractivity contribution in [3.05, 3.63) is 41.3 Å². The Morgan fingerprint density at radius 3 is 2.80 bits per heavy atom. The topological polar surface area (TPSA) is 88.3 Å². The zero-order valence-corrected chi connectivity index (χ0v) is 14.4. The molecule has 2 rings (SSSR count). The maximum atomic E-state index is 12.3. The minimum atomic E-state index is -0.962. The zero-order chi connectivity index (χ0) is 18.6. The van der Waals surface area contributed by atoms with Crippen molar-refractivity contribution < 1.29 is 19.4 Å². The quantitative estimate of drug-likeness (QED) is 0.514. The standard InChI is InChI=1S/C19H20N2O4/c1-5-12-8-7-9-13(10-12)20-21-16-14(22)11-19(3,4)15(17(16)23)18(24)25-6-2/h1,7-10,15,23H,6,11H2,2-4H3/b21-20+. The third kappa shape index (κ3) is 3.94. The van der Waals surface area contributed by atoms with Crippen molar-refractivity contribution in [2.75, 3.05) is 6.61 Å². The molecule has 25 heavy (non-hydrogen) atoms. The van der Waals surface area contributed by atoms with Crippen LogP contribution in [-0.2, 0) is 14.3 Å². The second-order valence-corrected chi connectivity index (χ2v) is 6.40. The number of carbonyl (C=O) groups is 2. The highest BCUT2D eigenvalue weighted by atomic mass is 16.5. The fourth-order valence-electron chi connectivity index (χ4n) is 2.78. The van der Waals surface area contributed by atoms with Crippen LogP contribution in [0.1, 0.15) is 32.8 Å². The van der Waals surface area contributed by atoms with Crippen LogP contribution in [0, 0.1) is 23.7 Å². The molecule has 0 aromatic heterocycles. The number of hydrogen-bond donors (Lipinski definition) is 1. The molecular weight excluding hydrogens is 320 g/mol. The van der Waals surface area contributed by atoms with E-state index in [-0.39, 0.29) is 24.5 Å². The summed E-state index contributed by atoms with van der Waals surface area (Å²) in [5.74, 6) is 0.152. The lowest BCUT2D eigenvalue weighted by Crippen LogP contribution is -2.40. The average molecular weight is 340 g/mol. The second-order valence-electron chi connectivity index (χ2n) is 6.40. The van der Waals surface area contributed by atoms with Gasteiger partial charge in [-0.25, -0.2) is 0 Å². The Balaban J connectivity index is 2.41. The molecule has 1 aromatic rings. The lowest BCUT2D eigenvalue weighted by atomic mass is 9.70. The predicted octanol–water partition coefficient (Wildman–Crippen LogP) is 3.70. The molecule has 1 aromatic carbocycles. The van der Waals surface area contributed by atoms with Gasteiger partial charge in [-0.3, -0.25) is 9.59 Å². The summed E-state index contributed by atoms with van der Waals surface area (Å²) in [6, 6.07) is 6.75. The molecule has 6 heteroatoms. The second kappa shape index (κ2) is 7.31. The summed E-state index contributed by atoms with van der Waals surface area (Å²) < 4.78 is 5.03. The number of esters is 1. The number of nitrogens with zero attached hydrogens (tertiary/aromatic N) is 2. The Labute approximate surface area is 146 Å². The Bertz CT molecular complexity index is 800.